The molecule has 2 aromatic carbocycles. The first-order valence-corrected chi connectivity index (χ1v) is 8.22. The zero-order valence-corrected chi connectivity index (χ0v) is 13.4. The van der Waals surface area contributed by atoms with Gasteiger partial charge in [0, 0.05) is 11.8 Å². The van der Waals surface area contributed by atoms with Gasteiger partial charge in [-0.1, -0.05) is 24.6 Å². The molecule has 1 amide bonds. The minimum Gasteiger partial charge on any atom is -0.489 e. The van der Waals surface area contributed by atoms with Gasteiger partial charge in [0.15, 0.2) is 0 Å². The van der Waals surface area contributed by atoms with Crippen molar-refractivity contribution < 1.29 is 13.9 Å². The molecule has 0 radical (unpaired) electrons. The van der Waals surface area contributed by atoms with Crippen LogP contribution in [-0.2, 0) is 11.4 Å². The van der Waals surface area contributed by atoms with E-state index in [0.29, 0.717) is 18.0 Å². The Morgan fingerprint density at radius 2 is 2.04 bits per heavy atom. The number of rotatable bonds is 5. The van der Waals surface area contributed by atoms with Crippen LogP contribution in [0.25, 0.3) is 0 Å². The molecule has 1 aliphatic heterocycles. The summed E-state index contributed by atoms with van der Waals surface area (Å²) < 4.78 is 18.6. The molecule has 4 nitrogen and oxygen atoms in total. The van der Waals surface area contributed by atoms with Gasteiger partial charge < -0.3 is 15.4 Å². The quantitative estimate of drug-likeness (QED) is 0.883. The van der Waals surface area contributed by atoms with Crippen LogP contribution in [0.1, 0.15) is 24.8 Å². The molecule has 126 valence electrons. The Morgan fingerprint density at radius 3 is 2.79 bits per heavy atom. The van der Waals surface area contributed by atoms with Crippen molar-refractivity contribution in [3.63, 3.8) is 0 Å². The van der Waals surface area contributed by atoms with E-state index < -0.39 is 0 Å². The van der Waals surface area contributed by atoms with Crippen LogP contribution in [0.15, 0.2) is 48.5 Å². The van der Waals surface area contributed by atoms with Crippen molar-refractivity contribution in [3.05, 3.63) is 59.9 Å². The van der Waals surface area contributed by atoms with Crippen LogP contribution in [0, 0.1) is 5.82 Å². The van der Waals surface area contributed by atoms with E-state index in [4.69, 9.17) is 4.74 Å². The largest absolute Gasteiger partial charge is 0.489 e. The summed E-state index contributed by atoms with van der Waals surface area (Å²) in [5, 5.41) is 6.16. The molecule has 0 saturated carbocycles. The summed E-state index contributed by atoms with van der Waals surface area (Å²) in [4.78, 5) is 12.2. The minimum atomic E-state index is -0.264. The van der Waals surface area contributed by atoms with Crippen LogP contribution in [0.2, 0.25) is 0 Å². The number of nitrogens with one attached hydrogen (secondary N) is 2. The lowest BCUT2D eigenvalue weighted by molar-refractivity contribution is -0.118. The van der Waals surface area contributed by atoms with E-state index in [2.05, 4.69) is 10.6 Å². The first-order valence-electron chi connectivity index (χ1n) is 8.22. The summed E-state index contributed by atoms with van der Waals surface area (Å²) in [7, 11) is 0. The highest BCUT2D eigenvalue weighted by Crippen LogP contribution is 2.19. The molecular weight excluding hydrogens is 307 g/mol. The molecule has 2 aromatic rings. The topological polar surface area (TPSA) is 50.4 Å². The molecule has 1 unspecified atom stereocenters. The van der Waals surface area contributed by atoms with Gasteiger partial charge in [0.1, 0.15) is 18.2 Å². The van der Waals surface area contributed by atoms with E-state index in [1.165, 1.54) is 12.1 Å². The van der Waals surface area contributed by atoms with Gasteiger partial charge in [-0.3, -0.25) is 4.79 Å². The van der Waals surface area contributed by atoms with Crippen LogP contribution < -0.4 is 15.4 Å². The summed E-state index contributed by atoms with van der Waals surface area (Å²) >= 11 is 0. The summed E-state index contributed by atoms with van der Waals surface area (Å²) in [5.74, 6) is 0.388. The lowest BCUT2D eigenvalue weighted by Gasteiger charge is -2.22. The smallest absolute Gasteiger partial charge is 0.241 e. The highest BCUT2D eigenvalue weighted by molar-refractivity contribution is 5.95. The van der Waals surface area contributed by atoms with Gasteiger partial charge in [0.05, 0.1) is 6.04 Å². The Labute approximate surface area is 141 Å². The second kappa shape index (κ2) is 7.93. The third-order valence-corrected chi connectivity index (χ3v) is 4.05. The van der Waals surface area contributed by atoms with Gasteiger partial charge in [-0.05, 0) is 49.2 Å². The number of ether oxygens (including phenoxy) is 1. The Morgan fingerprint density at radius 1 is 1.21 bits per heavy atom. The summed E-state index contributed by atoms with van der Waals surface area (Å²) in [5.41, 5.74) is 1.60. The number of amides is 1. The molecule has 0 bridgehead atoms. The monoisotopic (exact) mass is 328 g/mol. The van der Waals surface area contributed by atoms with Crippen molar-refractivity contribution in [3.8, 4) is 5.75 Å². The van der Waals surface area contributed by atoms with Gasteiger partial charge in [0.2, 0.25) is 5.91 Å². The van der Waals surface area contributed by atoms with Crippen LogP contribution >= 0.6 is 0 Å². The third-order valence-electron chi connectivity index (χ3n) is 4.05. The standard InChI is InChI=1S/C19H21FN2O2/c20-15-9-7-14(8-10-15)13-24-17-5-3-4-16(12-17)22-19(23)18-6-1-2-11-21-18/h3-5,7-10,12,18,21H,1-2,6,11,13H2,(H,22,23). The van der Waals surface area contributed by atoms with Crippen molar-refractivity contribution in [1.29, 1.82) is 0 Å². The predicted molar refractivity (Wildman–Crippen MR) is 91.4 cm³/mol. The van der Waals surface area contributed by atoms with E-state index in [1.54, 1.807) is 18.2 Å². The number of hydrogen-bond acceptors (Lipinski definition) is 3. The molecule has 0 aromatic heterocycles. The number of carbonyl (C=O) groups is 1. The maximum Gasteiger partial charge on any atom is 0.241 e. The summed E-state index contributed by atoms with van der Waals surface area (Å²) in [6.45, 7) is 1.24. The lowest BCUT2D eigenvalue weighted by Crippen LogP contribution is -2.43. The average molecular weight is 328 g/mol. The molecule has 0 aliphatic carbocycles. The number of halogens is 1. The summed E-state index contributed by atoms with van der Waals surface area (Å²) in [6, 6.07) is 13.4. The van der Waals surface area contributed by atoms with E-state index in [1.807, 2.05) is 18.2 Å². The Kier molecular flexibility index (Phi) is 5.43. The molecule has 5 heteroatoms. The van der Waals surface area contributed by atoms with Crippen LogP contribution in [0.3, 0.4) is 0 Å². The van der Waals surface area contributed by atoms with Crippen molar-refractivity contribution in [2.24, 2.45) is 0 Å². The SMILES string of the molecule is O=C(Nc1cccc(OCc2ccc(F)cc2)c1)C1CCCCN1. The second-order valence-electron chi connectivity index (χ2n) is 5.93. The second-order valence-corrected chi connectivity index (χ2v) is 5.93. The summed E-state index contributed by atoms with van der Waals surface area (Å²) in [6.07, 6.45) is 3.06. The fourth-order valence-electron chi connectivity index (χ4n) is 2.72. The Hall–Kier alpha value is -2.40. The third kappa shape index (κ3) is 4.55. The maximum absolute atomic E-state index is 12.9. The van der Waals surface area contributed by atoms with Crippen LogP contribution in [0.5, 0.6) is 5.75 Å². The number of piperidine rings is 1. The minimum absolute atomic E-state index is 0.00890. The van der Waals surface area contributed by atoms with Gasteiger partial charge in [-0.2, -0.15) is 0 Å². The fourth-order valence-corrected chi connectivity index (χ4v) is 2.72. The van der Waals surface area contributed by atoms with Crippen LogP contribution in [0.4, 0.5) is 10.1 Å². The predicted octanol–water partition coefficient (Wildman–Crippen LogP) is 3.49. The highest BCUT2D eigenvalue weighted by atomic mass is 19.1. The van der Waals surface area contributed by atoms with E-state index in [9.17, 15) is 9.18 Å². The molecule has 1 heterocycles. The first-order chi connectivity index (χ1) is 11.7. The number of anilines is 1. The molecule has 1 atom stereocenters. The van der Waals surface area contributed by atoms with Gasteiger partial charge in [-0.15, -0.1) is 0 Å². The van der Waals surface area contributed by atoms with Crippen molar-refractivity contribution in [1.82, 2.24) is 5.32 Å². The maximum atomic E-state index is 12.9. The molecule has 1 aliphatic rings. The van der Waals surface area contributed by atoms with Gasteiger partial charge in [-0.25, -0.2) is 4.39 Å². The highest BCUT2D eigenvalue weighted by Gasteiger charge is 2.20. The van der Waals surface area contributed by atoms with Crippen LogP contribution in [-0.4, -0.2) is 18.5 Å². The fraction of sp³-hybridized carbons (Fsp3) is 0.316. The van der Waals surface area contributed by atoms with E-state index in [-0.39, 0.29) is 17.8 Å². The number of benzene rings is 2. The van der Waals surface area contributed by atoms with Crippen molar-refractivity contribution in [2.45, 2.75) is 31.9 Å². The number of carbonyl (C=O) groups excluding carboxylic acids is 1. The van der Waals surface area contributed by atoms with Crippen molar-refractivity contribution in [2.75, 3.05) is 11.9 Å². The molecule has 24 heavy (non-hydrogen) atoms. The molecule has 2 N–H and O–H groups in total. The van der Waals surface area contributed by atoms with Crippen molar-refractivity contribution >= 4 is 11.6 Å². The molecule has 1 saturated heterocycles. The zero-order chi connectivity index (χ0) is 16.8. The molecular formula is C19H21FN2O2. The first kappa shape index (κ1) is 16.5. The molecule has 1 fully saturated rings. The van der Waals surface area contributed by atoms with E-state index in [0.717, 1.165) is 31.4 Å². The Bertz CT molecular complexity index is 682. The molecule has 3 rings (SSSR count). The zero-order valence-electron chi connectivity index (χ0n) is 13.4. The van der Waals surface area contributed by atoms with Gasteiger partial charge >= 0.3 is 0 Å². The average Bonchev–Trinajstić information content (AvgIpc) is 2.62. The normalized spacial score (nSPS) is 17.3. The molecule has 0 spiro atoms. The van der Waals surface area contributed by atoms with Gasteiger partial charge in [0.25, 0.3) is 0 Å². The number of hydrogen-bond donors (Lipinski definition) is 2. The van der Waals surface area contributed by atoms with E-state index >= 15 is 0 Å². The lowest BCUT2D eigenvalue weighted by atomic mass is 10.0. The Balaban J connectivity index is 1.57.